The Balaban J connectivity index is 2.26. The highest BCUT2D eigenvalue weighted by Gasteiger charge is 2.37. The van der Waals surface area contributed by atoms with Crippen LogP contribution in [0.4, 0.5) is 0 Å². The lowest BCUT2D eigenvalue weighted by atomic mass is 9.97. The average molecular weight is 259 g/mol. The summed E-state index contributed by atoms with van der Waals surface area (Å²) in [5.74, 6) is 0.579. The van der Waals surface area contributed by atoms with E-state index in [0.717, 1.165) is 5.52 Å². The van der Waals surface area contributed by atoms with Gasteiger partial charge in [-0.05, 0) is 26.0 Å². The van der Waals surface area contributed by atoms with Gasteiger partial charge in [0.1, 0.15) is 6.10 Å². The van der Waals surface area contributed by atoms with Crippen LogP contribution in [-0.2, 0) is 13.5 Å². The number of benzene rings is 1. The molecule has 0 fully saturated rings. The summed E-state index contributed by atoms with van der Waals surface area (Å²) < 4.78 is 7.69. The minimum Gasteiger partial charge on any atom is -0.472 e. The lowest BCUT2D eigenvalue weighted by Crippen LogP contribution is -2.39. The standard InChI is InChI=1S/C15H17NO3/c1-15(2,18)12-8-10-13(17)9-6-4-5-7-11(9)16(3)14(10)19-12/h4-7,12,18H,8H2,1-3H3. The van der Waals surface area contributed by atoms with Gasteiger partial charge in [-0.3, -0.25) is 4.79 Å². The van der Waals surface area contributed by atoms with Crippen LogP contribution >= 0.6 is 0 Å². The van der Waals surface area contributed by atoms with Gasteiger partial charge in [-0.1, -0.05) is 12.1 Å². The second kappa shape index (κ2) is 3.84. The Morgan fingerprint density at radius 2 is 2.05 bits per heavy atom. The van der Waals surface area contributed by atoms with E-state index < -0.39 is 5.60 Å². The molecule has 2 heterocycles. The molecule has 0 spiro atoms. The molecule has 19 heavy (non-hydrogen) atoms. The summed E-state index contributed by atoms with van der Waals surface area (Å²) in [7, 11) is 1.88. The molecule has 4 heteroatoms. The Kier molecular flexibility index (Phi) is 2.47. The quantitative estimate of drug-likeness (QED) is 0.846. The van der Waals surface area contributed by atoms with E-state index in [1.807, 2.05) is 35.9 Å². The monoisotopic (exact) mass is 259 g/mol. The van der Waals surface area contributed by atoms with E-state index in [2.05, 4.69) is 0 Å². The van der Waals surface area contributed by atoms with Crippen molar-refractivity contribution in [3.8, 4) is 5.88 Å². The van der Waals surface area contributed by atoms with E-state index in [4.69, 9.17) is 4.74 Å². The summed E-state index contributed by atoms with van der Waals surface area (Å²) in [6.07, 6.45) is 0.0780. The fraction of sp³-hybridized carbons (Fsp3) is 0.400. The molecule has 0 bridgehead atoms. The summed E-state index contributed by atoms with van der Waals surface area (Å²) >= 11 is 0. The first-order chi connectivity index (χ1) is 8.89. The van der Waals surface area contributed by atoms with Crippen molar-refractivity contribution in [2.75, 3.05) is 0 Å². The zero-order chi connectivity index (χ0) is 13.8. The molecular weight excluding hydrogens is 242 g/mol. The highest BCUT2D eigenvalue weighted by atomic mass is 16.5. The Labute approximate surface area is 111 Å². The molecule has 1 atom stereocenters. The van der Waals surface area contributed by atoms with E-state index in [0.29, 0.717) is 23.3 Å². The molecule has 1 aromatic carbocycles. The van der Waals surface area contributed by atoms with Crippen LogP contribution < -0.4 is 10.2 Å². The number of pyridine rings is 1. The van der Waals surface area contributed by atoms with E-state index in [1.54, 1.807) is 13.8 Å². The van der Waals surface area contributed by atoms with Crippen LogP contribution in [0.2, 0.25) is 0 Å². The second-order valence-corrected chi connectivity index (χ2v) is 5.65. The molecule has 0 saturated heterocycles. The van der Waals surface area contributed by atoms with Gasteiger partial charge in [0.05, 0.1) is 16.7 Å². The first-order valence-corrected chi connectivity index (χ1v) is 6.39. The maximum absolute atomic E-state index is 12.5. The van der Waals surface area contributed by atoms with Crippen molar-refractivity contribution in [2.45, 2.75) is 32.0 Å². The lowest BCUT2D eigenvalue weighted by Gasteiger charge is -2.24. The van der Waals surface area contributed by atoms with Gasteiger partial charge in [0.2, 0.25) is 5.88 Å². The third kappa shape index (κ3) is 1.75. The normalized spacial score (nSPS) is 18.4. The maximum Gasteiger partial charge on any atom is 0.201 e. The van der Waals surface area contributed by atoms with Crippen molar-refractivity contribution >= 4 is 10.9 Å². The molecule has 1 unspecified atom stereocenters. The van der Waals surface area contributed by atoms with E-state index in [9.17, 15) is 9.90 Å². The smallest absolute Gasteiger partial charge is 0.201 e. The highest BCUT2D eigenvalue weighted by Crippen LogP contribution is 2.32. The molecule has 0 aliphatic carbocycles. The zero-order valence-electron chi connectivity index (χ0n) is 11.3. The predicted octanol–water partition coefficient (Wildman–Crippen LogP) is 1.61. The van der Waals surface area contributed by atoms with Gasteiger partial charge in [0, 0.05) is 18.9 Å². The van der Waals surface area contributed by atoms with Gasteiger partial charge in [-0.2, -0.15) is 0 Å². The number of hydrogen-bond acceptors (Lipinski definition) is 3. The largest absolute Gasteiger partial charge is 0.472 e. The molecule has 0 saturated carbocycles. The van der Waals surface area contributed by atoms with Crippen molar-refractivity contribution in [2.24, 2.45) is 7.05 Å². The Bertz CT molecular complexity index is 710. The number of rotatable bonds is 1. The number of aromatic nitrogens is 1. The number of hydrogen-bond donors (Lipinski definition) is 1. The third-order valence-corrected chi connectivity index (χ3v) is 3.78. The van der Waals surface area contributed by atoms with Crippen LogP contribution in [0.1, 0.15) is 19.4 Å². The molecule has 1 aliphatic rings. The van der Waals surface area contributed by atoms with Gasteiger partial charge in [-0.25, -0.2) is 0 Å². The summed E-state index contributed by atoms with van der Waals surface area (Å²) in [6.45, 7) is 3.40. The number of ether oxygens (including phenoxy) is 1. The zero-order valence-corrected chi connectivity index (χ0v) is 11.3. The minimum atomic E-state index is -0.968. The van der Waals surface area contributed by atoms with E-state index >= 15 is 0 Å². The Morgan fingerprint density at radius 1 is 1.37 bits per heavy atom. The summed E-state index contributed by atoms with van der Waals surface area (Å²) in [6, 6.07) is 7.49. The molecular formula is C15H17NO3. The molecule has 1 aliphatic heterocycles. The first kappa shape index (κ1) is 12.2. The number of aryl methyl sites for hydroxylation is 1. The SMILES string of the molecule is Cn1c2c(c(=O)c3ccccc31)CC(C(C)(C)O)O2. The molecule has 1 N–H and O–H groups in total. The van der Waals surface area contributed by atoms with Crippen molar-refractivity contribution in [1.29, 1.82) is 0 Å². The maximum atomic E-state index is 12.5. The predicted molar refractivity (Wildman–Crippen MR) is 73.6 cm³/mol. The molecule has 4 nitrogen and oxygen atoms in total. The van der Waals surface area contributed by atoms with Gasteiger partial charge in [0.25, 0.3) is 0 Å². The molecule has 2 aromatic rings. The van der Waals surface area contributed by atoms with Crippen LogP contribution in [0.3, 0.4) is 0 Å². The fourth-order valence-electron chi connectivity index (χ4n) is 2.62. The van der Waals surface area contributed by atoms with Gasteiger partial charge in [-0.15, -0.1) is 0 Å². The van der Waals surface area contributed by atoms with Gasteiger partial charge >= 0.3 is 0 Å². The van der Waals surface area contributed by atoms with Crippen LogP contribution in [-0.4, -0.2) is 21.4 Å². The van der Waals surface area contributed by atoms with E-state index in [1.165, 1.54) is 0 Å². The fourth-order valence-corrected chi connectivity index (χ4v) is 2.62. The van der Waals surface area contributed by atoms with Crippen molar-refractivity contribution in [3.63, 3.8) is 0 Å². The van der Waals surface area contributed by atoms with Crippen molar-refractivity contribution < 1.29 is 9.84 Å². The average Bonchev–Trinajstić information content (AvgIpc) is 2.81. The van der Waals surface area contributed by atoms with Crippen LogP contribution in [0.5, 0.6) is 5.88 Å². The molecule has 0 amide bonds. The van der Waals surface area contributed by atoms with Crippen molar-refractivity contribution in [3.05, 3.63) is 40.1 Å². The minimum absolute atomic E-state index is 0.00968. The van der Waals surface area contributed by atoms with Crippen molar-refractivity contribution in [1.82, 2.24) is 4.57 Å². The Morgan fingerprint density at radius 3 is 2.74 bits per heavy atom. The first-order valence-electron chi connectivity index (χ1n) is 6.39. The number of para-hydroxylation sites is 1. The summed E-state index contributed by atoms with van der Waals surface area (Å²) in [4.78, 5) is 12.5. The highest BCUT2D eigenvalue weighted by molar-refractivity contribution is 5.81. The number of fused-ring (bicyclic) bond motifs is 2. The lowest BCUT2D eigenvalue weighted by molar-refractivity contribution is -0.0252. The summed E-state index contributed by atoms with van der Waals surface area (Å²) in [5.41, 5.74) is 0.552. The molecule has 3 rings (SSSR count). The topological polar surface area (TPSA) is 51.5 Å². The number of aliphatic hydroxyl groups is 1. The molecule has 1 aromatic heterocycles. The molecule has 100 valence electrons. The molecule has 0 radical (unpaired) electrons. The van der Waals surface area contributed by atoms with Gasteiger partial charge in [0.15, 0.2) is 5.43 Å². The van der Waals surface area contributed by atoms with Crippen LogP contribution in [0.15, 0.2) is 29.1 Å². The third-order valence-electron chi connectivity index (χ3n) is 3.78. The summed E-state index contributed by atoms with van der Waals surface area (Å²) in [5, 5.41) is 10.8. The Hall–Kier alpha value is -1.81. The van der Waals surface area contributed by atoms with Crippen LogP contribution in [0, 0.1) is 0 Å². The van der Waals surface area contributed by atoms with Gasteiger partial charge < -0.3 is 14.4 Å². The van der Waals surface area contributed by atoms with E-state index in [-0.39, 0.29) is 11.5 Å². The number of nitrogens with zero attached hydrogens (tertiary/aromatic N) is 1. The van der Waals surface area contributed by atoms with Crippen LogP contribution in [0.25, 0.3) is 10.9 Å². The second-order valence-electron chi connectivity index (χ2n) is 5.65.